The summed E-state index contributed by atoms with van der Waals surface area (Å²) in [6.07, 6.45) is 4.64. The predicted molar refractivity (Wildman–Crippen MR) is 59.7 cm³/mol. The number of benzene rings is 1. The average Bonchev–Trinajstić information content (AvgIpc) is 2.78. The van der Waals surface area contributed by atoms with Gasteiger partial charge in [0.1, 0.15) is 0 Å². The van der Waals surface area contributed by atoms with E-state index in [0.29, 0.717) is 0 Å². The summed E-state index contributed by atoms with van der Waals surface area (Å²) in [7, 11) is 0. The van der Waals surface area contributed by atoms with E-state index in [9.17, 15) is 0 Å². The van der Waals surface area contributed by atoms with Gasteiger partial charge in [0.2, 0.25) is 0 Å². The van der Waals surface area contributed by atoms with E-state index in [2.05, 4.69) is 33.7 Å². The van der Waals surface area contributed by atoms with Gasteiger partial charge in [0.05, 0.1) is 12.4 Å². The van der Waals surface area contributed by atoms with Gasteiger partial charge in [-0.3, -0.25) is 0 Å². The molecule has 0 radical (unpaired) electrons. The van der Waals surface area contributed by atoms with E-state index in [4.69, 9.17) is 0 Å². The SMILES string of the molecule is c1cc2c(c(-c3ccnnc3)c1)CCN2. The number of hydrogen-bond acceptors (Lipinski definition) is 3. The van der Waals surface area contributed by atoms with Crippen molar-refractivity contribution in [3.05, 3.63) is 42.2 Å². The van der Waals surface area contributed by atoms with Gasteiger partial charge in [-0.1, -0.05) is 12.1 Å². The molecule has 0 saturated carbocycles. The van der Waals surface area contributed by atoms with Crippen molar-refractivity contribution < 1.29 is 0 Å². The van der Waals surface area contributed by atoms with Crippen LogP contribution in [0.5, 0.6) is 0 Å². The third kappa shape index (κ3) is 1.36. The van der Waals surface area contributed by atoms with E-state index >= 15 is 0 Å². The Balaban J connectivity index is 2.17. The molecule has 0 bridgehead atoms. The summed E-state index contributed by atoms with van der Waals surface area (Å²) in [5.74, 6) is 0. The van der Waals surface area contributed by atoms with Crippen molar-refractivity contribution in [1.82, 2.24) is 10.2 Å². The minimum atomic E-state index is 1.03. The second-order valence-electron chi connectivity index (χ2n) is 3.64. The standard InChI is InChI=1S/C12H11N3/c1-2-10(9-4-7-14-15-8-9)11-5-6-13-12(11)3-1/h1-4,7-8,13H,5-6H2. The molecule has 1 aliphatic heterocycles. The molecule has 3 nitrogen and oxygen atoms in total. The molecule has 3 rings (SSSR count). The summed E-state index contributed by atoms with van der Waals surface area (Å²) in [4.78, 5) is 0. The molecule has 1 N–H and O–H groups in total. The third-order valence-electron chi connectivity index (χ3n) is 2.76. The Morgan fingerprint density at radius 2 is 2.13 bits per heavy atom. The van der Waals surface area contributed by atoms with Gasteiger partial charge in [0.15, 0.2) is 0 Å². The van der Waals surface area contributed by atoms with Crippen LogP contribution in [0.15, 0.2) is 36.7 Å². The van der Waals surface area contributed by atoms with Crippen LogP contribution in [0, 0.1) is 0 Å². The second kappa shape index (κ2) is 3.35. The zero-order valence-corrected chi connectivity index (χ0v) is 8.27. The maximum absolute atomic E-state index is 3.92. The van der Waals surface area contributed by atoms with Crippen LogP contribution in [0.25, 0.3) is 11.1 Å². The second-order valence-corrected chi connectivity index (χ2v) is 3.64. The number of nitrogens with zero attached hydrogens (tertiary/aromatic N) is 2. The third-order valence-corrected chi connectivity index (χ3v) is 2.76. The predicted octanol–water partition coefficient (Wildman–Crippen LogP) is 2.11. The number of anilines is 1. The molecular formula is C12H11N3. The number of hydrogen-bond donors (Lipinski definition) is 1. The molecule has 0 spiro atoms. The number of rotatable bonds is 1. The lowest BCUT2D eigenvalue weighted by Crippen LogP contribution is -1.90. The quantitative estimate of drug-likeness (QED) is 0.760. The number of aromatic nitrogens is 2. The molecule has 0 fully saturated rings. The van der Waals surface area contributed by atoms with Crippen LogP contribution in [0.3, 0.4) is 0 Å². The van der Waals surface area contributed by atoms with E-state index in [-0.39, 0.29) is 0 Å². The van der Waals surface area contributed by atoms with Gasteiger partial charge in [0.25, 0.3) is 0 Å². The highest BCUT2D eigenvalue weighted by atomic mass is 15.1. The molecule has 0 aliphatic carbocycles. The summed E-state index contributed by atoms with van der Waals surface area (Å²) in [5, 5.41) is 11.1. The molecule has 2 heterocycles. The van der Waals surface area contributed by atoms with Crippen molar-refractivity contribution in [3.63, 3.8) is 0 Å². The van der Waals surface area contributed by atoms with E-state index in [1.807, 2.05) is 12.3 Å². The molecule has 1 aliphatic rings. The van der Waals surface area contributed by atoms with E-state index in [1.165, 1.54) is 16.8 Å². The fourth-order valence-electron chi connectivity index (χ4n) is 2.06. The molecule has 0 unspecified atom stereocenters. The normalized spacial score (nSPS) is 13.3. The summed E-state index contributed by atoms with van der Waals surface area (Å²) in [5.41, 5.74) is 5.06. The highest BCUT2D eigenvalue weighted by molar-refractivity contribution is 5.75. The minimum Gasteiger partial charge on any atom is -0.384 e. The highest BCUT2D eigenvalue weighted by Crippen LogP contribution is 2.31. The fourth-order valence-corrected chi connectivity index (χ4v) is 2.06. The van der Waals surface area contributed by atoms with Crippen LogP contribution in [0.4, 0.5) is 5.69 Å². The highest BCUT2D eigenvalue weighted by Gasteiger charge is 2.14. The largest absolute Gasteiger partial charge is 0.384 e. The first-order chi connectivity index (χ1) is 7.45. The first-order valence-corrected chi connectivity index (χ1v) is 5.08. The molecule has 0 atom stereocenters. The van der Waals surface area contributed by atoms with Gasteiger partial charge in [-0.25, -0.2) is 0 Å². The first kappa shape index (κ1) is 8.41. The minimum absolute atomic E-state index is 1.03. The van der Waals surface area contributed by atoms with E-state index in [1.54, 1.807) is 6.20 Å². The van der Waals surface area contributed by atoms with Crippen molar-refractivity contribution >= 4 is 5.69 Å². The van der Waals surface area contributed by atoms with Crippen molar-refractivity contribution in [2.45, 2.75) is 6.42 Å². The van der Waals surface area contributed by atoms with Gasteiger partial charge < -0.3 is 5.32 Å². The Labute approximate surface area is 88.2 Å². The molecule has 0 amide bonds. The lowest BCUT2D eigenvalue weighted by Gasteiger charge is -2.06. The van der Waals surface area contributed by atoms with Crippen LogP contribution in [-0.4, -0.2) is 16.7 Å². The summed E-state index contributed by atoms with van der Waals surface area (Å²) >= 11 is 0. The van der Waals surface area contributed by atoms with Gasteiger partial charge in [0, 0.05) is 17.8 Å². The monoisotopic (exact) mass is 197 g/mol. The van der Waals surface area contributed by atoms with Crippen molar-refractivity contribution in [2.75, 3.05) is 11.9 Å². The van der Waals surface area contributed by atoms with Gasteiger partial charge >= 0.3 is 0 Å². The molecule has 1 aromatic heterocycles. The zero-order valence-electron chi connectivity index (χ0n) is 8.27. The van der Waals surface area contributed by atoms with Crippen molar-refractivity contribution in [2.24, 2.45) is 0 Å². The Kier molecular flexibility index (Phi) is 1.88. The Bertz CT molecular complexity index is 479. The van der Waals surface area contributed by atoms with Crippen LogP contribution in [-0.2, 0) is 6.42 Å². The topological polar surface area (TPSA) is 37.8 Å². The maximum atomic E-state index is 3.92. The van der Waals surface area contributed by atoms with Gasteiger partial charge in [-0.05, 0) is 29.7 Å². The summed E-state index contributed by atoms with van der Waals surface area (Å²) in [6.45, 7) is 1.03. The molecule has 15 heavy (non-hydrogen) atoms. The lowest BCUT2D eigenvalue weighted by molar-refractivity contribution is 1.03. The van der Waals surface area contributed by atoms with Gasteiger partial charge in [-0.2, -0.15) is 10.2 Å². The molecule has 0 saturated heterocycles. The molecule has 1 aromatic carbocycles. The Hall–Kier alpha value is -1.90. The maximum Gasteiger partial charge on any atom is 0.0574 e. The Morgan fingerprint density at radius 3 is 3.00 bits per heavy atom. The van der Waals surface area contributed by atoms with E-state index < -0.39 is 0 Å². The fraction of sp³-hybridized carbons (Fsp3) is 0.167. The van der Waals surface area contributed by atoms with Crippen LogP contribution < -0.4 is 5.32 Å². The molecule has 2 aromatic rings. The summed E-state index contributed by atoms with van der Waals surface area (Å²) < 4.78 is 0. The number of fused-ring (bicyclic) bond motifs is 1. The Morgan fingerprint density at radius 1 is 1.13 bits per heavy atom. The van der Waals surface area contributed by atoms with Crippen LogP contribution >= 0.6 is 0 Å². The van der Waals surface area contributed by atoms with E-state index in [0.717, 1.165) is 18.5 Å². The lowest BCUT2D eigenvalue weighted by atomic mass is 10.00. The molecule has 74 valence electrons. The smallest absolute Gasteiger partial charge is 0.0574 e. The van der Waals surface area contributed by atoms with Crippen molar-refractivity contribution in [3.8, 4) is 11.1 Å². The molecule has 3 heteroatoms. The van der Waals surface area contributed by atoms with Gasteiger partial charge in [-0.15, -0.1) is 0 Å². The first-order valence-electron chi connectivity index (χ1n) is 5.08. The number of nitrogens with one attached hydrogen (secondary N) is 1. The zero-order chi connectivity index (χ0) is 10.1. The van der Waals surface area contributed by atoms with Crippen LogP contribution in [0.1, 0.15) is 5.56 Å². The van der Waals surface area contributed by atoms with Crippen molar-refractivity contribution in [1.29, 1.82) is 0 Å². The molecular weight excluding hydrogens is 186 g/mol. The summed E-state index contributed by atoms with van der Waals surface area (Å²) in [6, 6.07) is 8.34. The average molecular weight is 197 g/mol. The van der Waals surface area contributed by atoms with Crippen LogP contribution in [0.2, 0.25) is 0 Å².